The van der Waals surface area contributed by atoms with Crippen LogP contribution in [0, 0.1) is 5.92 Å². The molecule has 2 aromatic rings. The molecule has 1 saturated heterocycles. The number of nitrogens with one attached hydrogen (secondary N) is 2. The van der Waals surface area contributed by atoms with Gasteiger partial charge in [-0.15, -0.1) is 0 Å². The highest BCUT2D eigenvalue weighted by atomic mass is 16.2. The molecule has 4 rings (SSSR count). The standard InChI is InChI=1S/C21H23N3O2/c25-20(16-9-12-22-13-10-16)23-18-7-5-17(6-8-18)21(26)24-14-11-15-3-1-2-4-19(15)24/h1-8,16,22H,9-14H2,(H,23,25). The molecule has 2 aliphatic heterocycles. The molecular formula is C21H23N3O2. The highest BCUT2D eigenvalue weighted by Gasteiger charge is 2.25. The van der Waals surface area contributed by atoms with Gasteiger partial charge in [0.15, 0.2) is 0 Å². The lowest BCUT2D eigenvalue weighted by molar-refractivity contribution is -0.120. The number of hydrogen-bond donors (Lipinski definition) is 2. The summed E-state index contributed by atoms with van der Waals surface area (Å²) in [4.78, 5) is 27.0. The van der Waals surface area contributed by atoms with Gasteiger partial charge in [0, 0.05) is 29.4 Å². The molecule has 0 aliphatic carbocycles. The van der Waals surface area contributed by atoms with Crippen LogP contribution in [-0.4, -0.2) is 31.4 Å². The maximum atomic E-state index is 12.8. The summed E-state index contributed by atoms with van der Waals surface area (Å²) in [5.74, 6) is 0.142. The van der Waals surface area contributed by atoms with E-state index in [-0.39, 0.29) is 17.7 Å². The van der Waals surface area contributed by atoms with E-state index in [0.717, 1.165) is 43.7 Å². The van der Waals surface area contributed by atoms with E-state index in [1.807, 2.05) is 35.2 Å². The number of anilines is 2. The van der Waals surface area contributed by atoms with Crippen molar-refractivity contribution in [3.63, 3.8) is 0 Å². The summed E-state index contributed by atoms with van der Waals surface area (Å²) in [6, 6.07) is 15.2. The van der Waals surface area contributed by atoms with Crippen LogP contribution in [0.3, 0.4) is 0 Å². The lowest BCUT2D eigenvalue weighted by Gasteiger charge is -2.22. The molecule has 2 heterocycles. The first-order valence-electron chi connectivity index (χ1n) is 9.24. The van der Waals surface area contributed by atoms with Crippen LogP contribution in [0.1, 0.15) is 28.8 Å². The molecule has 0 spiro atoms. The minimum absolute atomic E-state index is 0.00572. The Morgan fingerprint density at radius 2 is 1.73 bits per heavy atom. The predicted octanol–water partition coefficient (Wildman–Crippen LogP) is 2.83. The van der Waals surface area contributed by atoms with Crippen LogP contribution in [-0.2, 0) is 11.2 Å². The molecule has 0 unspecified atom stereocenters. The molecule has 0 aromatic heterocycles. The van der Waals surface area contributed by atoms with Gasteiger partial charge in [-0.1, -0.05) is 18.2 Å². The number of benzene rings is 2. The Hall–Kier alpha value is -2.66. The highest BCUT2D eigenvalue weighted by Crippen LogP contribution is 2.29. The van der Waals surface area contributed by atoms with Gasteiger partial charge in [-0.2, -0.15) is 0 Å². The first-order chi connectivity index (χ1) is 12.7. The van der Waals surface area contributed by atoms with Gasteiger partial charge >= 0.3 is 0 Å². The summed E-state index contributed by atoms with van der Waals surface area (Å²) < 4.78 is 0. The van der Waals surface area contributed by atoms with Crippen molar-refractivity contribution in [3.8, 4) is 0 Å². The van der Waals surface area contributed by atoms with E-state index in [4.69, 9.17) is 0 Å². The van der Waals surface area contributed by atoms with Gasteiger partial charge < -0.3 is 15.5 Å². The maximum Gasteiger partial charge on any atom is 0.258 e. The fourth-order valence-electron chi connectivity index (χ4n) is 3.73. The van der Waals surface area contributed by atoms with Crippen molar-refractivity contribution in [2.24, 2.45) is 5.92 Å². The Labute approximate surface area is 153 Å². The number of para-hydroxylation sites is 1. The van der Waals surface area contributed by atoms with Gasteiger partial charge in [0.05, 0.1) is 0 Å². The van der Waals surface area contributed by atoms with Crippen LogP contribution < -0.4 is 15.5 Å². The summed E-state index contributed by atoms with van der Waals surface area (Å²) in [6.07, 6.45) is 2.64. The number of carbonyl (C=O) groups excluding carboxylic acids is 2. The molecular weight excluding hydrogens is 326 g/mol. The maximum absolute atomic E-state index is 12.8. The minimum Gasteiger partial charge on any atom is -0.326 e. The Balaban J connectivity index is 1.43. The van der Waals surface area contributed by atoms with E-state index in [2.05, 4.69) is 16.7 Å². The largest absolute Gasteiger partial charge is 0.326 e. The second kappa shape index (κ2) is 7.30. The monoisotopic (exact) mass is 349 g/mol. The molecule has 2 N–H and O–H groups in total. The zero-order chi connectivity index (χ0) is 17.9. The smallest absolute Gasteiger partial charge is 0.258 e. The molecule has 26 heavy (non-hydrogen) atoms. The summed E-state index contributed by atoms with van der Waals surface area (Å²) in [7, 11) is 0. The summed E-state index contributed by atoms with van der Waals surface area (Å²) in [5.41, 5.74) is 3.60. The van der Waals surface area contributed by atoms with Crippen molar-refractivity contribution in [1.82, 2.24) is 5.32 Å². The van der Waals surface area contributed by atoms with Crippen molar-refractivity contribution < 1.29 is 9.59 Å². The summed E-state index contributed by atoms with van der Waals surface area (Å²) in [6.45, 7) is 2.50. The molecule has 5 heteroatoms. The Kier molecular flexibility index (Phi) is 4.71. The molecule has 1 fully saturated rings. The number of nitrogens with zero attached hydrogens (tertiary/aromatic N) is 1. The number of amides is 2. The second-order valence-electron chi connectivity index (χ2n) is 6.93. The first-order valence-corrected chi connectivity index (χ1v) is 9.24. The second-order valence-corrected chi connectivity index (χ2v) is 6.93. The van der Waals surface area contributed by atoms with E-state index in [9.17, 15) is 9.59 Å². The number of rotatable bonds is 3. The van der Waals surface area contributed by atoms with Crippen LogP contribution in [0.4, 0.5) is 11.4 Å². The molecule has 5 nitrogen and oxygen atoms in total. The Morgan fingerprint density at radius 1 is 1.00 bits per heavy atom. The van der Waals surface area contributed by atoms with Gasteiger partial charge in [-0.25, -0.2) is 0 Å². The number of hydrogen-bond acceptors (Lipinski definition) is 3. The number of carbonyl (C=O) groups is 2. The van der Waals surface area contributed by atoms with Crippen LogP contribution in [0.25, 0.3) is 0 Å². The molecule has 2 aromatic carbocycles. The Morgan fingerprint density at radius 3 is 2.50 bits per heavy atom. The van der Waals surface area contributed by atoms with Gasteiger partial charge in [0.25, 0.3) is 5.91 Å². The average molecular weight is 349 g/mol. The van der Waals surface area contributed by atoms with Crippen LogP contribution in [0.2, 0.25) is 0 Å². The summed E-state index contributed by atoms with van der Waals surface area (Å²) >= 11 is 0. The minimum atomic E-state index is 0.00572. The fraction of sp³-hybridized carbons (Fsp3) is 0.333. The van der Waals surface area contributed by atoms with E-state index in [1.165, 1.54) is 5.56 Å². The van der Waals surface area contributed by atoms with E-state index >= 15 is 0 Å². The SMILES string of the molecule is O=C(Nc1ccc(C(=O)N2CCc3ccccc32)cc1)C1CCNCC1. The third kappa shape index (κ3) is 3.35. The lowest BCUT2D eigenvalue weighted by Crippen LogP contribution is -2.34. The summed E-state index contributed by atoms with van der Waals surface area (Å²) in [5, 5.41) is 6.24. The number of piperidine rings is 1. The molecule has 0 bridgehead atoms. The predicted molar refractivity (Wildman–Crippen MR) is 102 cm³/mol. The van der Waals surface area contributed by atoms with Crippen LogP contribution >= 0.6 is 0 Å². The van der Waals surface area contributed by atoms with Gasteiger partial charge in [0.2, 0.25) is 5.91 Å². The first kappa shape index (κ1) is 16.8. The van der Waals surface area contributed by atoms with Gasteiger partial charge in [0.1, 0.15) is 0 Å². The van der Waals surface area contributed by atoms with Crippen molar-refractivity contribution in [3.05, 3.63) is 59.7 Å². The van der Waals surface area contributed by atoms with Crippen molar-refractivity contribution in [1.29, 1.82) is 0 Å². The third-order valence-electron chi connectivity index (χ3n) is 5.24. The third-order valence-corrected chi connectivity index (χ3v) is 5.24. The average Bonchev–Trinajstić information content (AvgIpc) is 3.13. The normalized spacial score (nSPS) is 17.0. The zero-order valence-corrected chi connectivity index (χ0v) is 14.7. The molecule has 0 radical (unpaired) electrons. The van der Waals surface area contributed by atoms with Crippen molar-refractivity contribution in [2.75, 3.05) is 29.9 Å². The lowest BCUT2D eigenvalue weighted by atomic mass is 9.97. The molecule has 0 atom stereocenters. The van der Waals surface area contributed by atoms with Crippen LogP contribution in [0.15, 0.2) is 48.5 Å². The van der Waals surface area contributed by atoms with E-state index in [0.29, 0.717) is 12.1 Å². The molecule has 0 saturated carbocycles. The quantitative estimate of drug-likeness (QED) is 0.896. The highest BCUT2D eigenvalue weighted by molar-refractivity contribution is 6.07. The van der Waals surface area contributed by atoms with Gasteiger partial charge in [-0.3, -0.25) is 9.59 Å². The van der Waals surface area contributed by atoms with Crippen LogP contribution in [0.5, 0.6) is 0 Å². The Bertz CT molecular complexity index is 810. The zero-order valence-electron chi connectivity index (χ0n) is 14.7. The number of fused-ring (bicyclic) bond motifs is 1. The van der Waals surface area contributed by atoms with Gasteiger partial charge in [-0.05, 0) is 68.2 Å². The van der Waals surface area contributed by atoms with Crippen molar-refractivity contribution in [2.45, 2.75) is 19.3 Å². The fourth-order valence-corrected chi connectivity index (χ4v) is 3.73. The molecule has 2 amide bonds. The van der Waals surface area contributed by atoms with E-state index in [1.54, 1.807) is 12.1 Å². The topological polar surface area (TPSA) is 61.4 Å². The molecule has 134 valence electrons. The molecule has 2 aliphatic rings. The van der Waals surface area contributed by atoms with Crippen molar-refractivity contribution >= 4 is 23.2 Å². The van der Waals surface area contributed by atoms with E-state index < -0.39 is 0 Å².